The fourth-order valence-corrected chi connectivity index (χ4v) is 2.17. The van der Waals surface area contributed by atoms with Crippen LogP contribution in [0.1, 0.15) is 23.7 Å². The van der Waals surface area contributed by atoms with Gasteiger partial charge in [-0.15, -0.1) is 0 Å². The van der Waals surface area contributed by atoms with Crippen molar-refractivity contribution in [1.82, 2.24) is 9.97 Å². The molecule has 0 fully saturated rings. The first-order chi connectivity index (χ1) is 10.3. The predicted octanol–water partition coefficient (Wildman–Crippen LogP) is 3.87. The van der Waals surface area contributed by atoms with Gasteiger partial charge in [0.1, 0.15) is 5.69 Å². The third-order valence-electron chi connectivity index (χ3n) is 3.69. The maximum atomic E-state index is 12.7. The lowest BCUT2D eigenvalue weighted by molar-refractivity contribution is -0.141. The molecule has 0 aliphatic carbocycles. The lowest BCUT2D eigenvalue weighted by Gasteiger charge is -2.26. The molecule has 0 bridgehead atoms. The van der Waals surface area contributed by atoms with Gasteiger partial charge in [-0.3, -0.25) is 0 Å². The number of likely N-dealkylation sites (N-methyl/N-ethyl adjacent to an activating group) is 1. The Labute approximate surface area is 127 Å². The highest BCUT2D eigenvalue weighted by atomic mass is 19.4. The van der Waals surface area contributed by atoms with Crippen LogP contribution in [0.5, 0.6) is 0 Å². The summed E-state index contributed by atoms with van der Waals surface area (Å²) in [6.07, 6.45) is -2.61. The van der Waals surface area contributed by atoms with Crippen LogP contribution in [0.3, 0.4) is 0 Å². The Hall–Kier alpha value is -2.11. The van der Waals surface area contributed by atoms with Gasteiger partial charge >= 0.3 is 6.18 Å². The van der Waals surface area contributed by atoms with Gasteiger partial charge in [0.05, 0.1) is 0 Å². The summed E-state index contributed by atoms with van der Waals surface area (Å²) >= 11 is 0. The SMILES string of the molecule is Cc1ccccc1CC(C)N(C)c1nccc(C(F)(F)F)n1. The smallest absolute Gasteiger partial charge is 0.341 e. The number of halogens is 3. The van der Waals surface area contributed by atoms with Gasteiger partial charge in [-0.05, 0) is 37.5 Å². The van der Waals surface area contributed by atoms with Crippen LogP contribution in [0, 0.1) is 6.92 Å². The van der Waals surface area contributed by atoms with Crippen LogP contribution < -0.4 is 4.90 Å². The molecule has 1 unspecified atom stereocenters. The van der Waals surface area contributed by atoms with Gasteiger partial charge in [0.2, 0.25) is 5.95 Å². The quantitative estimate of drug-likeness (QED) is 0.858. The van der Waals surface area contributed by atoms with Gasteiger partial charge in [-0.2, -0.15) is 13.2 Å². The van der Waals surface area contributed by atoms with E-state index in [2.05, 4.69) is 9.97 Å². The van der Waals surface area contributed by atoms with Crippen LogP contribution in [-0.2, 0) is 12.6 Å². The van der Waals surface area contributed by atoms with E-state index in [9.17, 15) is 13.2 Å². The third kappa shape index (κ3) is 3.75. The number of benzene rings is 1. The van der Waals surface area contributed by atoms with E-state index in [1.165, 1.54) is 0 Å². The summed E-state index contributed by atoms with van der Waals surface area (Å²) in [6.45, 7) is 3.96. The van der Waals surface area contributed by atoms with Crippen molar-refractivity contribution in [2.45, 2.75) is 32.5 Å². The van der Waals surface area contributed by atoms with Gasteiger partial charge in [0.25, 0.3) is 0 Å². The van der Waals surface area contributed by atoms with E-state index in [0.717, 1.165) is 23.4 Å². The van der Waals surface area contributed by atoms with E-state index in [1.807, 2.05) is 38.1 Å². The molecule has 0 aliphatic heterocycles. The Bertz CT molecular complexity index is 641. The molecule has 0 spiro atoms. The molecule has 1 atom stereocenters. The Kier molecular flexibility index (Phi) is 4.68. The second-order valence-electron chi connectivity index (χ2n) is 5.33. The highest BCUT2D eigenvalue weighted by Gasteiger charge is 2.33. The van der Waals surface area contributed by atoms with Gasteiger partial charge in [-0.1, -0.05) is 24.3 Å². The molecule has 1 aromatic heterocycles. The molecule has 2 aromatic rings. The molecule has 0 aliphatic rings. The third-order valence-corrected chi connectivity index (χ3v) is 3.69. The molecule has 0 amide bonds. The predicted molar refractivity (Wildman–Crippen MR) is 79.8 cm³/mol. The summed E-state index contributed by atoms with van der Waals surface area (Å²) in [6, 6.07) is 8.81. The Morgan fingerprint density at radius 1 is 1.18 bits per heavy atom. The first-order valence-corrected chi connectivity index (χ1v) is 6.96. The zero-order valence-corrected chi connectivity index (χ0v) is 12.7. The highest BCUT2D eigenvalue weighted by molar-refractivity contribution is 5.33. The van der Waals surface area contributed by atoms with Gasteiger partial charge < -0.3 is 4.90 Å². The molecule has 1 aromatic carbocycles. The number of hydrogen-bond donors (Lipinski definition) is 0. The molecule has 0 radical (unpaired) electrons. The summed E-state index contributed by atoms with van der Waals surface area (Å²) < 4.78 is 38.2. The van der Waals surface area contributed by atoms with Crippen LogP contribution in [0.2, 0.25) is 0 Å². The molecule has 3 nitrogen and oxygen atoms in total. The first-order valence-electron chi connectivity index (χ1n) is 6.96. The average molecular weight is 309 g/mol. The maximum absolute atomic E-state index is 12.7. The average Bonchev–Trinajstić information content (AvgIpc) is 2.48. The Morgan fingerprint density at radius 3 is 2.50 bits per heavy atom. The van der Waals surface area contributed by atoms with Crippen LogP contribution >= 0.6 is 0 Å². The lowest BCUT2D eigenvalue weighted by Crippen LogP contribution is -2.32. The van der Waals surface area contributed by atoms with Crippen LogP contribution in [0.15, 0.2) is 36.5 Å². The Morgan fingerprint density at radius 2 is 1.86 bits per heavy atom. The van der Waals surface area contributed by atoms with Crippen LogP contribution in [0.4, 0.5) is 19.1 Å². The van der Waals surface area contributed by atoms with E-state index in [4.69, 9.17) is 0 Å². The number of nitrogens with zero attached hydrogens (tertiary/aromatic N) is 3. The molecule has 0 N–H and O–H groups in total. The van der Waals surface area contributed by atoms with E-state index in [-0.39, 0.29) is 12.0 Å². The van der Waals surface area contributed by atoms with Gasteiger partial charge in [0.15, 0.2) is 0 Å². The molecule has 118 valence electrons. The van der Waals surface area contributed by atoms with E-state index in [0.29, 0.717) is 6.42 Å². The molecule has 0 saturated heterocycles. The maximum Gasteiger partial charge on any atom is 0.433 e. The molecular weight excluding hydrogens is 291 g/mol. The van der Waals surface area contributed by atoms with Crippen molar-refractivity contribution >= 4 is 5.95 Å². The fourth-order valence-electron chi connectivity index (χ4n) is 2.17. The minimum atomic E-state index is -4.46. The number of anilines is 1. The second kappa shape index (κ2) is 6.34. The van der Waals surface area contributed by atoms with Crippen molar-refractivity contribution in [2.75, 3.05) is 11.9 Å². The van der Waals surface area contributed by atoms with Crippen LogP contribution in [0.25, 0.3) is 0 Å². The fraction of sp³-hybridized carbons (Fsp3) is 0.375. The number of aryl methyl sites for hydroxylation is 1. The van der Waals surface area contributed by atoms with E-state index >= 15 is 0 Å². The second-order valence-corrected chi connectivity index (χ2v) is 5.33. The van der Waals surface area contributed by atoms with Crippen molar-refractivity contribution in [1.29, 1.82) is 0 Å². The monoisotopic (exact) mass is 309 g/mol. The zero-order chi connectivity index (χ0) is 16.3. The largest absolute Gasteiger partial charge is 0.433 e. The topological polar surface area (TPSA) is 29.0 Å². The van der Waals surface area contributed by atoms with Crippen molar-refractivity contribution < 1.29 is 13.2 Å². The number of hydrogen-bond acceptors (Lipinski definition) is 3. The summed E-state index contributed by atoms with van der Waals surface area (Å²) in [5.74, 6) is 0.0795. The normalized spacial score (nSPS) is 13.0. The number of aromatic nitrogens is 2. The lowest BCUT2D eigenvalue weighted by atomic mass is 10.0. The minimum absolute atomic E-state index is 0.0235. The standard InChI is InChI=1S/C16H18F3N3/c1-11-6-4-5-7-13(11)10-12(2)22(3)15-20-9-8-14(21-15)16(17,18)19/h4-9,12H,10H2,1-3H3. The summed E-state index contributed by atoms with van der Waals surface area (Å²) in [5, 5.41) is 0. The summed E-state index contributed by atoms with van der Waals surface area (Å²) in [5.41, 5.74) is 1.40. The Balaban J connectivity index is 2.17. The van der Waals surface area contributed by atoms with E-state index in [1.54, 1.807) is 11.9 Å². The number of alkyl halides is 3. The molecule has 2 rings (SSSR count). The van der Waals surface area contributed by atoms with Crippen molar-refractivity contribution in [3.05, 3.63) is 53.3 Å². The molecule has 0 saturated carbocycles. The zero-order valence-electron chi connectivity index (χ0n) is 12.7. The molecule has 1 heterocycles. The van der Waals surface area contributed by atoms with Crippen LogP contribution in [-0.4, -0.2) is 23.1 Å². The first kappa shape index (κ1) is 16.3. The molecule has 6 heteroatoms. The summed E-state index contributed by atoms with van der Waals surface area (Å²) in [7, 11) is 1.71. The van der Waals surface area contributed by atoms with E-state index < -0.39 is 11.9 Å². The van der Waals surface area contributed by atoms with Gasteiger partial charge in [0, 0.05) is 19.3 Å². The number of rotatable bonds is 4. The molecule has 22 heavy (non-hydrogen) atoms. The highest BCUT2D eigenvalue weighted by Crippen LogP contribution is 2.28. The summed E-state index contributed by atoms with van der Waals surface area (Å²) in [4.78, 5) is 9.24. The van der Waals surface area contributed by atoms with Crippen molar-refractivity contribution in [3.8, 4) is 0 Å². The molecular formula is C16H18F3N3. The van der Waals surface area contributed by atoms with Gasteiger partial charge in [-0.25, -0.2) is 9.97 Å². The van der Waals surface area contributed by atoms with Crippen molar-refractivity contribution in [2.24, 2.45) is 0 Å². The minimum Gasteiger partial charge on any atom is -0.341 e. The van der Waals surface area contributed by atoms with Crippen molar-refractivity contribution in [3.63, 3.8) is 0 Å².